The van der Waals surface area contributed by atoms with Crippen molar-refractivity contribution in [3.63, 3.8) is 0 Å². The van der Waals surface area contributed by atoms with Gasteiger partial charge in [0.15, 0.2) is 0 Å². The number of carbonyl (C=O) groups is 1. The number of anilines is 4. The first-order valence-corrected chi connectivity index (χ1v) is 17.1. The van der Waals surface area contributed by atoms with E-state index in [2.05, 4.69) is 31.0 Å². The minimum absolute atomic E-state index is 0. The first-order chi connectivity index (χ1) is 23.7. The van der Waals surface area contributed by atoms with E-state index in [1.54, 1.807) is 18.2 Å². The number of carbonyl (C=O) groups excluding carboxylic acids is 1. The number of fused-ring (bicyclic) bond motifs is 2. The molecule has 0 aliphatic heterocycles. The summed E-state index contributed by atoms with van der Waals surface area (Å²) in [5.41, 5.74) is 22.3. The van der Waals surface area contributed by atoms with Gasteiger partial charge in [-0.15, -0.1) is 10.2 Å². The molecule has 0 amide bonds. The van der Waals surface area contributed by atoms with Gasteiger partial charge in [-0.3, -0.25) is 10.2 Å². The molecule has 20 heteroatoms. The Balaban J connectivity index is 0.00000302. The van der Waals surface area contributed by atoms with Crippen molar-refractivity contribution in [1.29, 1.82) is 0 Å². The first-order valence-electron chi connectivity index (χ1n) is 14.2. The van der Waals surface area contributed by atoms with Crippen LogP contribution in [-0.2, 0) is 20.2 Å². The Morgan fingerprint density at radius 3 is 1.94 bits per heavy atom. The third-order valence-electron chi connectivity index (χ3n) is 7.34. The second-order valence-electron chi connectivity index (χ2n) is 10.7. The number of Topliss-reactive ketones (excluding diaryl/α,β-unsaturated/α-hetero) is 1. The minimum Gasteiger partial charge on any atom is -0.744 e. The smallest absolute Gasteiger partial charge is 0.744 e. The number of nitrogens with one attached hydrogen (secondary N) is 1. The SMILES string of the molecule is Nc1ccc(N=Nc2ccc3c(c2)C(=O)/C(=N/Nc2ccc(N=Nc4ccc(N)c5ccc(S(=O)(=O)[O-])cc45)cc2)C(S(=O)(=O)[O-])=C3)c(N)c1.[Na+].[Na+]. The van der Waals surface area contributed by atoms with Crippen LogP contribution in [0.15, 0.2) is 126 Å². The zero-order chi connectivity index (χ0) is 35.8. The van der Waals surface area contributed by atoms with Gasteiger partial charge < -0.3 is 26.3 Å². The van der Waals surface area contributed by atoms with Gasteiger partial charge in [0.05, 0.1) is 38.2 Å². The number of ketones is 1. The van der Waals surface area contributed by atoms with Crippen molar-refractivity contribution < 1.29 is 89.9 Å². The van der Waals surface area contributed by atoms with Gasteiger partial charge >= 0.3 is 59.1 Å². The quantitative estimate of drug-likeness (QED) is 0.0532. The van der Waals surface area contributed by atoms with Crippen LogP contribution in [-0.4, -0.2) is 37.4 Å². The summed E-state index contributed by atoms with van der Waals surface area (Å²) in [4.78, 5) is 12.2. The molecule has 0 unspecified atom stereocenters. The molecular weight excluding hydrogens is 733 g/mol. The molecule has 0 aromatic heterocycles. The largest absolute Gasteiger partial charge is 1.00 e. The van der Waals surface area contributed by atoms with Crippen molar-refractivity contribution in [2.45, 2.75) is 4.90 Å². The molecule has 1 aliphatic rings. The predicted molar refractivity (Wildman–Crippen MR) is 186 cm³/mol. The van der Waals surface area contributed by atoms with Gasteiger partial charge in [-0.05, 0) is 90.5 Å². The Bertz CT molecular complexity index is 2580. The number of allylic oxidation sites excluding steroid dienone is 1. The van der Waals surface area contributed by atoms with Crippen LogP contribution < -0.4 is 81.7 Å². The molecule has 0 heterocycles. The van der Waals surface area contributed by atoms with Crippen LogP contribution in [0.3, 0.4) is 0 Å². The topological polar surface area (TPSA) is 283 Å². The summed E-state index contributed by atoms with van der Waals surface area (Å²) in [6.07, 6.45) is 1.05. The van der Waals surface area contributed by atoms with E-state index in [1.807, 2.05) is 0 Å². The standard InChI is InChI=1S/C32H25N9O7S2.2Na/c33-18-2-11-29(27(35)14-18)40-38-21-3-1-17-13-30(50(46,47)48)31(32(42)24(17)15-21)41-37-20-6-4-19(5-7-20)36-39-28-12-10-26(34)23-9-8-22(16-25(23)28)49(43,44)45;;/h1-16,37H,33-35H2,(H,43,44,45)(H,46,47,48);;/q;2*+1/p-2/b39-36?,40-38?,41-31+;;. The number of nitrogens with zero attached hydrogens (tertiary/aromatic N) is 5. The van der Waals surface area contributed by atoms with Gasteiger partial charge in [0.1, 0.15) is 31.6 Å². The molecule has 6 rings (SSSR count). The number of benzene rings is 5. The third kappa shape index (κ3) is 8.99. The molecule has 1 aliphatic carbocycles. The summed E-state index contributed by atoms with van der Waals surface area (Å²) in [6.45, 7) is 0. The third-order valence-corrected chi connectivity index (χ3v) is 9.02. The van der Waals surface area contributed by atoms with E-state index in [1.165, 1.54) is 66.7 Å². The monoisotopic (exact) mass is 755 g/mol. The van der Waals surface area contributed by atoms with Gasteiger partial charge in [0.25, 0.3) is 0 Å². The molecule has 52 heavy (non-hydrogen) atoms. The maximum Gasteiger partial charge on any atom is 1.00 e. The molecule has 0 atom stereocenters. The molecule has 0 radical (unpaired) electrons. The molecule has 252 valence electrons. The molecule has 0 fully saturated rings. The normalized spacial score (nSPS) is 13.8. The zero-order valence-corrected chi connectivity index (χ0v) is 33.0. The average molecular weight is 756 g/mol. The molecule has 16 nitrogen and oxygen atoms in total. The van der Waals surface area contributed by atoms with Crippen LogP contribution in [0, 0.1) is 0 Å². The number of hydrogen-bond acceptors (Lipinski definition) is 16. The Hall–Kier alpha value is -4.34. The van der Waals surface area contributed by atoms with E-state index in [9.17, 15) is 30.7 Å². The van der Waals surface area contributed by atoms with Gasteiger partial charge in [0.2, 0.25) is 5.78 Å². The van der Waals surface area contributed by atoms with Gasteiger partial charge in [0, 0.05) is 27.7 Å². The number of hydrogen-bond donors (Lipinski definition) is 4. The maximum absolute atomic E-state index is 13.5. The van der Waals surface area contributed by atoms with E-state index in [-0.39, 0.29) is 87.3 Å². The van der Waals surface area contributed by atoms with Crippen LogP contribution in [0.25, 0.3) is 16.8 Å². The predicted octanol–water partition coefficient (Wildman–Crippen LogP) is -0.120. The van der Waals surface area contributed by atoms with E-state index >= 15 is 0 Å². The van der Waals surface area contributed by atoms with Crippen molar-refractivity contribution in [2.24, 2.45) is 25.6 Å². The number of rotatable bonds is 8. The fraction of sp³-hybridized carbons (Fsp3) is 0. The molecular formula is C32H23N9Na2O7S2. The molecule has 0 bridgehead atoms. The Kier molecular flexibility index (Phi) is 12.5. The summed E-state index contributed by atoms with van der Waals surface area (Å²) in [5.74, 6) is -0.845. The number of azo groups is 2. The van der Waals surface area contributed by atoms with E-state index in [4.69, 9.17) is 17.2 Å². The van der Waals surface area contributed by atoms with Crippen molar-refractivity contribution in [1.82, 2.24) is 0 Å². The van der Waals surface area contributed by atoms with E-state index < -0.39 is 41.5 Å². The Morgan fingerprint density at radius 2 is 1.27 bits per heavy atom. The summed E-state index contributed by atoms with van der Waals surface area (Å²) in [7, 11) is -9.85. The van der Waals surface area contributed by atoms with E-state index in [0.29, 0.717) is 39.2 Å². The summed E-state index contributed by atoms with van der Waals surface area (Å²) >= 11 is 0. The van der Waals surface area contributed by atoms with Crippen molar-refractivity contribution in [3.05, 3.63) is 107 Å². The van der Waals surface area contributed by atoms with Crippen LogP contribution in [0.1, 0.15) is 15.9 Å². The van der Waals surface area contributed by atoms with Gasteiger partial charge in [-0.2, -0.15) is 15.3 Å². The molecule has 0 spiro atoms. The number of nitrogen functional groups attached to an aromatic ring is 3. The summed E-state index contributed by atoms with van der Waals surface area (Å²) in [5, 5.41) is 21.3. The number of nitrogens with two attached hydrogens (primary N) is 3. The molecule has 7 N–H and O–H groups in total. The fourth-order valence-corrected chi connectivity index (χ4v) is 6.01. The van der Waals surface area contributed by atoms with Crippen molar-refractivity contribution in [3.8, 4) is 0 Å². The van der Waals surface area contributed by atoms with Crippen LogP contribution >= 0.6 is 0 Å². The van der Waals surface area contributed by atoms with Crippen LogP contribution in [0.4, 0.5) is 45.5 Å². The zero-order valence-electron chi connectivity index (χ0n) is 27.4. The van der Waals surface area contributed by atoms with Crippen molar-refractivity contribution >= 4 is 94.1 Å². The molecule has 0 saturated carbocycles. The van der Waals surface area contributed by atoms with Crippen LogP contribution in [0.5, 0.6) is 0 Å². The number of hydrazone groups is 1. The fourth-order valence-electron chi connectivity index (χ4n) is 4.86. The summed E-state index contributed by atoms with van der Waals surface area (Å²) < 4.78 is 71.0. The van der Waals surface area contributed by atoms with E-state index in [0.717, 1.165) is 12.1 Å². The Morgan fingerprint density at radius 1 is 0.615 bits per heavy atom. The van der Waals surface area contributed by atoms with Gasteiger partial charge in [-0.25, -0.2) is 16.8 Å². The molecule has 5 aromatic rings. The Labute approximate surface area is 341 Å². The second-order valence-corrected chi connectivity index (χ2v) is 13.5. The molecule has 0 saturated heterocycles. The van der Waals surface area contributed by atoms with Crippen molar-refractivity contribution in [2.75, 3.05) is 22.6 Å². The molecule has 5 aromatic carbocycles. The van der Waals surface area contributed by atoms with Crippen LogP contribution in [0.2, 0.25) is 0 Å². The summed E-state index contributed by atoms with van der Waals surface area (Å²) in [6, 6.07) is 21.8. The second kappa shape index (κ2) is 16.1. The van der Waals surface area contributed by atoms with Gasteiger partial charge in [-0.1, -0.05) is 12.1 Å². The first kappa shape index (κ1) is 40.4. The minimum atomic E-state index is -5.12. The average Bonchev–Trinajstić information content (AvgIpc) is 3.07. The maximum atomic E-state index is 13.5.